The Morgan fingerprint density at radius 1 is 0.970 bits per heavy atom. The number of nitrogens with zero attached hydrogens (tertiary/aromatic N) is 1. The standard InChI is InChI=1S/C27H22N2O4/c1-16-11-13-17(14-12-16)29-24(20-15-28-21-9-5-3-7-18(20)21)23(26(31)27(29)32)25(30)19-8-4-6-10-22(19)33-2/h3-15,24,28,30H,1-2H3/b25-23+. The van der Waals surface area contributed by atoms with Crippen LogP contribution in [0, 0.1) is 6.92 Å². The van der Waals surface area contributed by atoms with Crippen LogP contribution in [0.15, 0.2) is 84.6 Å². The van der Waals surface area contributed by atoms with Gasteiger partial charge in [0.15, 0.2) is 0 Å². The number of rotatable bonds is 4. The number of H-pyrrole nitrogens is 1. The molecule has 6 heteroatoms. The van der Waals surface area contributed by atoms with E-state index in [2.05, 4.69) is 4.98 Å². The number of ether oxygens (including phenoxy) is 1. The lowest BCUT2D eigenvalue weighted by molar-refractivity contribution is -0.132. The fourth-order valence-electron chi connectivity index (χ4n) is 4.40. The first kappa shape index (κ1) is 20.6. The number of benzene rings is 3. The SMILES string of the molecule is COc1ccccc1/C(O)=C1\C(=O)C(=O)N(c2ccc(C)cc2)C1c1c[nH]c2ccccc12. The first-order valence-electron chi connectivity index (χ1n) is 10.6. The van der Waals surface area contributed by atoms with E-state index < -0.39 is 17.7 Å². The van der Waals surface area contributed by atoms with Crippen molar-refractivity contribution < 1.29 is 19.4 Å². The normalized spacial score (nSPS) is 17.6. The van der Waals surface area contributed by atoms with Crippen LogP contribution in [0.25, 0.3) is 16.7 Å². The van der Waals surface area contributed by atoms with Gasteiger partial charge >= 0.3 is 0 Å². The van der Waals surface area contributed by atoms with Gasteiger partial charge in [0.1, 0.15) is 11.5 Å². The van der Waals surface area contributed by atoms with Gasteiger partial charge in [-0.3, -0.25) is 14.5 Å². The fourth-order valence-corrected chi connectivity index (χ4v) is 4.40. The van der Waals surface area contributed by atoms with E-state index in [1.54, 1.807) is 30.5 Å². The number of carbonyl (C=O) groups excluding carboxylic acids is 2. The van der Waals surface area contributed by atoms with Crippen LogP contribution in [-0.4, -0.2) is 28.9 Å². The number of aromatic amines is 1. The van der Waals surface area contributed by atoms with Crippen molar-refractivity contribution in [3.63, 3.8) is 0 Å². The summed E-state index contributed by atoms with van der Waals surface area (Å²) in [5.74, 6) is -1.29. The zero-order chi connectivity index (χ0) is 23.1. The molecule has 0 radical (unpaired) electrons. The van der Waals surface area contributed by atoms with Gasteiger partial charge in [-0.1, -0.05) is 48.0 Å². The second-order valence-electron chi connectivity index (χ2n) is 7.99. The molecular formula is C27H22N2O4. The van der Waals surface area contributed by atoms with Crippen molar-refractivity contribution in [1.82, 2.24) is 4.98 Å². The molecule has 0 bridgehead atoms. The molecular weight excluding hydrogens is 416 g/mol. The van der Waals surface area contributed by atoms with Crippen LogP contribution >= 0.6 is 0 Å². The first-order chi connectivity index (χ1) is 16.0. The highest BCUT2D eigenvalue weighted by molar-refractivity contribution is 6.52. The molecule has 1 saturated heterocycles. The Balaban J connectivity index is 1.80. The Morgan fingerprint density at radius 3 is 2.42 bits per heavy atom. The molecule has 33 heavy (non-hydrogen) atoms. The molecule has 1 aliphatic heterocycles. The molecule has 1 fully saturated rings. The van der Waals surface area contributed by atoms with E-state index in [-0.39, 0.29) is 11.3 Å². The van der Waals surface area contributed by atoms with Crippen molar-refractivity contribution in [2.75, 3.05) is 12.0 Å². The second-order valence-corrected chi connectivity index (χ2v) is 7.99. The van der Waals surface area contributed by atoms with E-state index in [1.807, 2.05) is 55.5 Å². The average Bonchev–Trinajstić information content (AvgIpc) is 3.38. The third-order valence-corrected chi connectivity index (χ3v) is 6.03. The van der Waals surface area contributed by atoms with E-state index in [9.17, 15) is 14.7 Å². The summed E-state index contributed by atoms with van der Waals surface area (Å²) in [5, 5.41) is 12.2. The third-order valence-electron chi connectivity index (χ3n) is 6.03. The molecule has 1 aliphatic rings. The third kappa shape index (κ3) is 3.27. The van der Waals surface area contributed by atoms with Gasteiger partial charge in [-0.25, -0.2) is 0 Å². The number of aromatic nitrogens is 1. The number of aliphatic hydroxyl groups excluding tert-OH is 1. The number of aliphatic hydroxyl groups is 1. The number of para-hydroxylation sites is 2. The number of fused-ring (bicyclic) bond motifs is 1. The first-order valence-corrected chi connectivity index (χ1v) is 10.6. The number of hydrogen-bond donors (Lipinski definition) is 2. The van der Waals surface area contributed by atoms with Crippen LogP contribution in [0.5, 0.6) is 5.75 Å². The summed E-state index contributed by atoms with van der Waals surface area (Å²) in [6.45, 7) is 1.96. The Hall–Kier alpha value is -4.32. The molecule has 1 amide bonds. The highest BCUT2D eigenvalue weighted by Gasteiger charge is 2.47. The number of aryl methyl sites for hydroxylation is 1. The molecule has 0 saturated carbocycles. The van der Waals surface area contributed by atoms with Crippen LogP contribution in [-0.2, 0) is 9.59 Å². The topological polar surface area (TPSA) is 82.6 Å². The lowest BCUT2D eigenvalue weighted by atomic mass is 9.94. The number of Topliss-reactive ketones (excluding diaryl/α,β-unsaturated/α-hetero) is 1. The molecule has 4 aromatic rings. The molecule has 2 heterocycles. The van der Waals surface area contributed by atoms with Gasteiger partial charge in [0.2, 0.25) is 0 Å². The molecule has 1 atom stereocenters. The summed E-state index contributed by atoms with van der Waals surface area (Å²) < 4.78 is 5.40. The summed E-state index contributed by atoms with van der Waals surface area (Å²) >= 11 is 0. The number of anilines is 1. The van der Waals surface area contributed by atoms with Gasteiger partial charge in [-0.15, -0.1) is 0 Å². The number of hydrogen-bond acceptors (Lipinski definition) is 4. The van der Waals surface area contributed by atoms with Crippen molar-refractivity contribution in [3.05, 3.63) is 101 Å². The van der Waals surface area contributed by atoms with Crippen molar-refractivity contribution >= 4 is 34.0 Å². The molecule has 1 unspecified atom stereocenters. The summed E-state index contributed by atoms with van der Waals surface area (Å²) in [6, 6.07) is 21.1. The highest BCUT2D eigenvalue weighted by atomic mass is 16.5. The Kier molecular flexibility index (Phi) is 4.98. The van der Waals surface area contributed by atoms with Gasteiger partial charge in [0, 0.05) is 28.4 Å². The van der Waals surface area contributed by atoms with Crippen molar-refractivity contribution in [2.45, 2.75) is 13.0 Å². The number of amides is 1. The average molecular weight is 438 g/mol. The molecule has 6 nitrogen and oxygen atoms in total. The number of methoxy groups -OCH3 is 1. The monoisotopic (exact) mass is 438 g/mol. The quantitative estimate of drug-likeness (QED) is 0.263. The van der Waals surface area contributed by atoms with Crippen LogP contribution < -0.4 is 9.64 Å². The number of ketones is 1. The Labute approximate surface area is 190 Å². The van der Waals surface area contributed by atoms with Crippen LogP contribution in [0.1, 0.15) is 22.7 Å². The molecule has 5 rings (SSSR count). The minimum Gasteiger partial charge on any atom is -0.507 e. The summed E-state index contributed by atoms with van der Waals surface area (Å²) in [5.41, 5.74) is 3.59. The zero-order valence-electron chi connectivity index (χ0n) is 18.2. The summed E-state index contributed by atoms with van der Waals surface area (Å²) in [6.07, 6.45) is 1.79. The van der Waals surface area contributed by atoms with Gasteiger partial charge in [0.05, 0.1) is 24.3 Å². The van der Waals surface area contributed by atoms with E-state index in [4.69, 9.17) is 4.74 Å². The lowest BCUT2D eigenvalue weighted by Gasteiger charge is -2.25. The van der Waals surface area contributed by atoms with Crippen LogP contribution in [0.4, 0.5) is 5.69 Å². The number of nitrogens with one attached hydrogen (secondary N) is 1. The van der Waals surface area contributed by atoms with Crippen LogP contribution in [0.3, 0.4) is 0 Å². The second kappa shape index (κ2) is 7.98. The van der Waals surface area contributed by atoms with Gasteiger partial charge < -0.3 is 14.8 Å². The van der Waals surface area contributed by atoms with Gasteiger partial charge in [-0.2, -0.15) is 0 Å². The van der Waals surface area contributed by atoms with E-state index >= 15 is 0 Å². The van der Waals surface area contributed by atoms with Gasteiger partial charge in [-0.05, 0) is 37.3 Å². The van der Waals surface area contributed by atoms with E-state index in [0.29, 0.717) is 17.0 Å². The predicted octanol–water partition coefficient (Wildman–Crippen LogP) is 5.11. The molecule has 164 valence electrons. The Bertz CT molecular complexity index is 1420. The van der Waals surface area contributed by atoms with Crippen molar-refractivity contribution in [1.29, 1.82) is 0 Å². The molecule has 1 aromatic heterocycles. The van der Waals surface area contributed by atoms with Crippen molar-refractivity contribution in [3.8, 4) is 5.75 Å². The predicted molar refractivity (Wildman–Crippen MR) is 127 cm³/mol. The van der Waals surface area contributed by atoms with Crippen molar-refractivity contribution in [2.24, 2.45) is 0 Å². The van der Waals surface area contributed by atoms with Gasteiger partial charge in [0.25, 0.3) is 11.7 Å². The molecule has 2 N–H and O–H groups in total. The molecule has 3 aromatic carbocycles. The fraction of sp³-hybridized carbons (Fsp3) is 0.111. The smallest absolute Gasteiger partial charge is 0.300 e. The zero-order valence-corrected chi connectivity index (χ0v) is 18.2. The largest absolute Gasteiger partial charge is 0.507 e. The maximum atomic E-state index is 13.4. The minimum atomic E-state index is -0.811. The lowest BCUT2D eigenvalue weighted by Crippen LogP contribution is -2.29. The molecule has 0 spiro atoms. The highest BCUT2D eigenvalue weighted by Crippen LogP contribution is 2.45. The molecule has 0 aliphatic carbocycles. The van der Waals surface area contributed by atoms with Crippen LogP contribution in [0.2, 0.25) is 0 Å². The minimum absolute atomic E-state index is 0.0230. The maximum Gasteiger partial charge on any atom is 0.300 e. The van der Waals surface area contributed by atoms with E-state index in [0.717, 1.165) is 22.0 Å². The Morgan fingerprint density at radius 2 is 1.67 bits per heavy atom. The number of carbonyl (C=O) groups is 2. The van der Waals surface area contributed by atoms with E-state index in [1.165, 1.54) is 12.0 Å². The summed E-state index contributed by atoms with van der Waals surface area (Å²) in [7, 11) is 1.49. The summed E-state index contributed by atoms with van der Waals surface area (Å²) in [4.78, 5) is 31.4. The maximum absolute atomic E-state index is 13.4.